The van der Waals surface area contributed by atoms with E-state index in [4.69, 9.17) is 0 Å². The van der Waals surface area contributed by atoms with Gasteiger partial charge in [0.05, 0.1) is 0 Å². The van der Waals surface area contributed by atoms with Crippen LogP contribution in [0.4, 0.5) is 0 Å². The first-order valence-electron chi connectivity index (χ1n) is 6.86. The molecule has 0 unspecified atom stereocenters. The maximum absolute atomic E-state index is 10.6. The Balaban J connectivity index is 1.99. The van der Waals surface area contributed by atoms with E-state index in [1.807, 2.05) is 0 Å². The van der Waals surface area contributed by atoms with Gasteiger partial charge in [0.1, 0.15) is 6.04 Å². The Labute approximate surface area is 98.5 Å². The molecule has 0 heterocycles. The second-order valence-corrected chi connectivity index (χ2v) is 5.30. The zero-order chi connectivity index (χ0) is 11.2. The third kappa shape index (κ3) is 2.95. The highest BCUT2D eigenvalue weighted by Crippen LogP contribution is 2.41. The van der Waals surface area contributed by atoms with E-state index in [9.17, 15) is 4.79 Å². The number of hydrogen-bond acceptors (Lipinski definition) is 2. The molecule has 2 rings (SSSR count). The molecule has 2 saturated carbocycles. The van der Waals surface area contributed by atoms with Gasteiger partial charge in [0.25, 0.3) is 0 Å². The van der Waals surface area contributed by atoms with Crippen LogP contribution in [0.15, 0.2) is 4.99 Å². The quantitative estimate of drug-likeness (QED) is 0.522. The monoisotopic (exact) mass is 220 g/mol. The van der Waals surface area contributed by atoms with Gasteiger partial charge in [-0.25, -0.2) is 4.79 Å². The third-order valence-corrected chi connectivity index (χ3v) is 4.22. The molecule has 2 aliphatic carbocycles. The van der Waals surface area contributed by atoms with Gasteiger partial charge >= 0.3 is 0 Å². The van der Waals surface area contributed by atoms with Crippen LogP contribution in [0.1, 0.15) is 64.2 Å². The van der Waals surface area contributed by atoms with Crippen LogP contribution in [0.3, 0.4) is 0 Å². The van der Waals surface area contributed by atoms with Crippen molar-refractivity contribution in [2.24, 2.45) is 16.8 Å². The molecule has 0 aromatic heterocycles. The van der Waals surface area contributed by atoms with Crippen molar-refractivity contribution in [3.8, 4) is 0 Å². The van der Waals surface area contributed by atoms with Gasteiger partial charge in [0.2, 0.25) is 6.08 Å². The van der Waals surface area contributed by atoms with Crippen molar-refractivity contribution >= 4 is 6.08 Å². The fraction of sp³-hybridized carbons (Fsp3) is 0.857. The summed E-state index contributed by atoms with van der Waals surface area (Å²) in [7, 11) is 0. The highest BCUT2D eigenvalue weighted by Gasteiger charge is 2.32. The summed E-state index contributed by atoms with van der Waals surface area (Å²) in [4.78, 5) is 14.7. The van der Waals surface area contributed by atoms with Crippen molar-refractivity contribution in [3.63, 3.8) is 0 Å². The molecule has 0 saturated heterocycles. The van der Waals surface area contributed by atoms with E-state index >= 15 is 0 Å². The minimum Gasteiger partial charge on any atom is -0.211 e. The smallest absolute Gasteiger partial charge is 0.211 e. The molecule has 2 heteroatoms. The number of rotatable bonds is 3. The Morgan fingerprint density at radius 3 is 1.62 bits per heavy atom. The topological polar surface area (TPSA) is 29.4 Å². The van der Waals surface area contributed by atoms with Gasteiger partial charge in [-0.2, -0.15) is 4.99 Å². The predicted molar refractivity (Wildman–Crippen MR) is 64.5 cm³/mol. The molecule has 2 aliphatic rings. The van der Waals surface area contributed by atoms with Crippen LogP contribution in [0.5, 0.6) is 0 Å². The van der Waals surface area contributed by atoms with Crippen molar-refractivity contribution in [2.45, 2.75) is 64.2 Å². The SMILES string of the molecule is O=C=N[C](C1CCCCC1)C1CCCCC1. The Bertz CT molecular complexity index is 227. The van der Waals surface area contributed by atoms with Gasteiger partial charge in [-0.3, -0.25) is 0 Å². The van der Waals surface area contributed by atoms with E-state index in [0.29, 0.717) is 11.8 Å². The van der Waals surface area contributed by atoms with Gasteiger partial charge in [-0.05, 0) is 37.5 Å². The molecular weight excluding hydrogens is 198 g/mol. The molecule has 0 aromatic carbocycles. The largest absolute Gasteiger partial charge is 0.235 e. The highest BCUT2D eigenvalue weighted by atomic mass is 16.1. The molecule has 0 atom stereocenters. The van der Waals surface area contributed by atoms with Crippen LogP contribution in [-0.4, -0.2) is 6.08 Å². The molecule has 0 N–H and O–H groups in total. The highest BCUT2D eigenvalue weighted by molar-refractivity contribution is 5.36. The van der Waals surface area contributed by atoms with E-state index in [1.54, 1.807) is 6.08 Å². The van der Waals surface area contributed by atoms with Gasteiger partial charge in [-0.15, -0.1) is 0 Å². The minimum atomic E-state index is 0.596. The van der Waals surface area contributed by atoms with Crippen molar-refractivity contribution in [3.05, 3.63) is 6.04 Å². The summed E-state index contributed by atoms with van der Waals surface area (Å²) in [5.74, 6) is 1.19. The summed E-state index contributed by atoms with van der Waals surface area (Å²) >= 11 is 0. The van der Waals surface area contributed by atoms with Crippen LogP contribution in [0.25, 0.3) is 0 Å². The van der Waals surface area contributed by atoms with E-state index in [-0.39, 0.29) is 0 Å². The van der Waals surface area contributed by atoms with Gasteiger partial charge in [0.15, 0.2) is 0 Å². The van der Waals surface area contributed by atoms with Crippen LogP contribution >= 0.6 is 0 Å². The van der Waals surface area contributed by atoms with E-state index in [0.717, 1.165) is 0 Å². The minimum absolute atomic E-state index is 0.596. The van der Waals surface area contributed by atoms with Crippen molar-refractivity contribution in [2.75, 3.05) is 0 Å². The predicted octanol–water partition coefficient (Wildman–Crippen LogP) is 4.01. The Hall–Kier alpha value is -0.620. The van der Waals surface area contributed by atoms with Crippen LogP contribution in [0, 0.1) is 17.9 Å². The van der Waals surface area contributed by atoms with Crippen LogP contribution in [0.2, 0.25) is 0 Å². The summed E-state index contributed by atoms with van der Waals surface area (Å²) < 4.78 is 0. The molecule has 89 valence electrons. The Kier molecular flexibility index (Phi) is 4.59. The molecule has 2 fully saturated rings. The summed E-state index contributed by atoms with van der Waals surface area (Å²) in [6, 6.07) is 1.20. The van der Waals surface area contributed by atoms with Crippen molar-refractivity contribution in [1.82, 2.24) is 0 Å². The van der Waals surface area contributed by atoms with Crippen molar-refractivity contribution < 1.29 is 4.79 Å². The normalized spacial score (nSPS) is 24.3. The van der Waals surface area contributed by atoms with Crippen molar-refractivity contribution in [1.29, 1.82) is 0 Å². The third-order valence-electron chi connectivity index (χ3n) is 4.22. The number of carbonyl (C=O) groups excluding carboxylic acids is 1. The van der Waals surface area contributed by atoms with E-state index in [1.165, 1.54) is 70.3 Å². The van der Waals surface area contributed by atoms with E-state index < -0.39 is 0 Å². The molecule has 0 aliphatic heterocycles. The summed E-state index contributed by atoms with van der Waals surface area (Å²) in [6.07, 6.45) is 14.8. The molecule has 16 heavy (non-hydrogen) atoms. The fourth-order valence-electron chi connectivity index (χ4n) is 3.37. The first kappa shape index (κ1) is 11.9. The zero-order valence-corrected chi connectivity index (χ0v) is 10.1. The second-order valence-electron chi connectivity index (χ2n) is 5.30. The van der Waals surface area contributed by atoms with Crippen LogP contribution in [-0.2, 0) is 4.79 Å². The molecule has 0 amide bonds. The standard InChI is InChI=1S/C14H22NO/c16-11-15-14(12-7-3-1-4-8-12)13-9-5-2-6-10-13/h12-13H,1-10H2. The lowest BCUT2D eigenvalue weighted by Gasteiger charge is -2.33. The molecule has 0 bridgehead atoms. The average molecular weight is 220 g/mol. The number of nitrogens with zero attached hydrogens (tertiary/aromatic N) is 1. The first-order valence-corrected chi connectivity index (χ1v) is 6.86. The lowest BCUT2D eigenvalue weighted by atomic mass is 9.74. The number of hydrogen-bond donors (Lipinski definition) is 0. The summed E-state index contributed by atoms with van der Waals surface area (Å²) in [5.41, 5.74) is 0. The molecule has 0 spiro atoms. The van der Waals surface area contributed by atoms with Gasteiger partial charge < -0.3 is 0 Å². The van der Waals surface area contributed by atoms with Gasteiger partial charge in [0, 0.05) is 0 Å². The maximum atomic E-state index is 10.6. The molecule has 2 nitrogen and oxygen atoms in total. The zero-order valence-electron chi connectivity index (χ0n) is 10.1. The molecular formula is C14H22NO. The number of aliphatic imine (C=N–C) groups is 1. The van der Waals surface area contributed by atoms with Crippen LogP contribution < -0.4 is 0 Å². The molecule has 0 aromatic rings. The summed E-state index contributed by atoms with van der Waals surface area (Å²) in [5, 5.41) is 0. The lowest BCUT2D eigenvalue weighted by molar-refractivity contribution is 0.274. The average Bonchev–Trinajstić information content (AvgIpc) is 2.38. The Morgan fingerprint density at radius 2 is 1.25 bits per heavy atom. The van der Waals surface area contributed by atoms with Gasteiger partial charge in [-0.1, -0.05) is 38.5 Å². The summed E-state index contributed by atoms with van der Waals surface area (Å²) in [6.45, 7) is 0. The Morgan fingerprint density at radius 1 is 0.812 bits per heavy atom. The van der Waals surface area contributed by atoms with E-state index in [2.05, 4.69) is 4.99 Å². The second kappa shape index (κ2) is 6.20. The number of isocyanates is 1. The first-order chi connectivity index (χ1) is 7.92. The molecule has 1 radical (unpaired) electrons. The fourth-order valence-corrected chi connectivity index (χ4v) is 3.37. The lowest BCUT2D eigenvalue weighted by Crippen LogP contribution is -2.24. The maximum Gasteiger partial charge on any atom is 0.235 e.